The van der Waals surface area contributed by atoms with Gasteiger partial charge in [0.25, 0.3) is 5.69 Å². The van der Waals surface area contributed by atoms with Crippen molar-refractivity contribution in [2.45, 2.75) is 12.0 Å². The molecule has 0 spiro atoms. The number of hydrogen-bond acceptors (Lipinski definition) is 11. The molecular weight excluding hydrogens is 574 g/mol. The number of carbonyl (C=O) groups is 2. The second-order valence-corrected chi connectivity index (χ2v) is 10.2. The molecule has 0 unspecified atom stereocenters. The number of methoxy groups -OCH3 is 3. The molecule has 3 aliphatic rings. The first-order valence-corrected chi connectivity index (χ1v) is 13.2. The zero-order valence-corrected chi connectivity index (χ0v) is 23.3. The van der Waals surface area contributed by atoms with Crippen molar-refractivity contribution >= 4 is 29.2 Å². The minimum absolute atomic E-state index is 0.0110. The third-order valence-corrected chi connectivity index (χ3v) is 8.17. The minimum atomic E-state index is -0.963. The lowest BCUT2D eigenvalue weighted by atomic mass is 9.66. The number of esters is 2. The molecular formula is C29H24ClNO11. The average Bonchev–Trinajstić information content (AvgIpc) is 3.62. The number of cyclic esters (lactones) is 1. The number of ether oxygens (including phenoxy) is 7. The van der Waals surface area contributed by atoms with Gasteiger partial charge in [-0.2, -0.15) is 0 Å². The first-order valence-electron chi connectivity index (χ1n) is 12.8. The smallest absolute Gasteiger partial charge is 0.339 e. The number of rotatable bonds is 7. The molecule has 1 saturated heterocycles. The summed E-state index contributed by atoms with van der Waals surface area (Å²) in [6, 6.07) is 10.4. The van der Waals surface area contributed by atoms with Gasteiger partial charge in [0, 0.05) is 29.5 Å². The maximum atomic E-state index is 13.4. The predicted octanol–water partition coefficient (Wildman–Crippen LogP) is 4.84. The highest BCUT2D eigenvalue weighted by atomic mass is 35.5. The Morgan fingerprint density at radius 2 is 1.67 bits per heavy atom. The van der Waals surface area contributed by atoms with Crippen LogP contribution in [0.3, 0.4) is 0 Å². The topological polar surface area (TPSA) is 142 Å². The summed E-state index contributed by atoms with van der Waals surface area (Å²) in [6.07, 6.45) is -0.963. The zero-order chi connectivity index (χ0) is 29.7. The fraction of sp³-hybridized carbons (Fsp3) is 0.310. The number of nitro groups is 1. The van der Waals surface area contributed by atoms with Crippen molar-refractivity contribution < 1.29 is 47.7 Å². The first kappa shape index (κ1) is 27.5. The van der Waals surface area contributed by atoms with E-state index in [1.807, 2.05) is 0 Å². The number of nitrogens with zero attached hydrogens (tertiary/aromatic N) is 1. The molecule has 0 radical (unpaired) electrons. The lowest BCUT2D eigenvalue weighted by molar-refractivity contribution is -0.384. The third kappa shape index (κ3) is 4.30. The molecule has 42 heavy (non-hydrogen) atoms. The average molecular weight is 598 g/mol. The Labute approximate surface area is 244 Å². The van der Waals surface area contributed by atoms with Crippen molar-refractivity contribution in [2.24, 2.45) is 11.8 Å². The molecule has 0 amide bonds. The number of fused-ring (bicyclic) bond motifs is 3. The van der Waals surface area contributed by atoms with Crippen molar-refractivity contribution in [3.8, 4) is 28.7 Å². The van der Waals surface area contributed by atoms with Gasteiger partial charge in [0.1, 0.15) is 6.10 Å². The van der Waals surface area contributed by atoms with Gasteiger partial charge in [0.05, 0.1) is 49.4 Å². The molecule has 0 bridgehead atoms. The van der Waals surface area contributed by atoms with Gasteiger partial charge < -0.3 is 33.2 Å². The largest absolute Gasteiger partial charge is 0.493 e. The Hall–Kier alpha value is -4.71. The van der Waals surface area contributed by atoms with E-state index < -0.39 is 40.7 Å². The Kier molecular flexibility index (Phi) is 6.93. The second-order valence-electron chi connectivity index (χ2n) is 9.81. The summed E-state index contributed by atoms with van der Waals surface area (Å²) in [6.45, 7) is -0.0519. The van der Waals surface area contributed by atoms with E-state index in [1.54, 1.807) is 18.2 Å². The van der Waals surface area contributed by atoms with E-state index in [4.69, 9.17) is 44.8 Å². The molecule has 6 rings (SSSR count). The minimum Gasteiger partial charge on any atom is -0.493 e. The van der Waals surface area contributed by atoms with Crippen molar-refractivity contribution in [1.29, 1.82) is 0 Å². The standard InChI is InChI=1S/C29H24ClNO11/c1-36-21-10-17(24(30)27(38-3)26(21)37-2)22-15-8-19-20(41-12-40-19)9-16(15)25(18-11-39-29(33)23(18)22)42-28(32)13-5-4-6-14(7-13)31(34)35/h4-10,18,22-23,25H,11-12H2,1-3H3/t18-,22-,23-,25+/m0/s1. The third-order valence-electron chi connectivity index (χ3n) is 7.78. The number of halogens is 1. The number of carbonyl (C=O) groups excluding carboxylic acids is 2. The van der Waals surface area contributed by atoms with Gasteiger partial charge in [0.15, 0.2) is 23.0 Å². The number of hydrogen-bond donors (Lipinski definition) is 0. The van der Waals surface area contributed by atoms with Crippen LogP contribution in [0.5, 0.6) is 28.7 Å². The Morgan fingerprint density at radius 1 is 0.952 bits per heavy atom. The van der Waals surface area contributed by atoms with E-state index in [9.17, 15) is 19.7 Å². The van der Waals surface area contributed by atoms with Gasteiger partial charge in [-0.15, -0.1) is 0 Å². The van der Waals surface area contributed by atoms with Gasteiger partial charge in [-0.3, -0.25) is 14.9 Å². The van der Waals surface area contributed by atoms with E-state index in [-0.39, 0.29) is 41.2 Å². The van der Waals surface area contributed by atoms with Crippen LogP contribution < -0.4 is 23.7 Å². The fourth-order valence-electron chi connectivity index (χ4n) is 5.93. The molecule has 3 aromatic rings. The highest BCUT2D eigenvalue weighted by Gasteiger charge is 2.54. The van der Waals surface area contributed by atoms with Crippen LogP contribution in [-0.2, 0) is 14.3 Å². The quantitative estimate of drug-likeness (QED) is 0.210. The summed E-state index contributed by atoms with van der Waals surface area (Å²) in [5.74, 6) is -1.75. The van der Waals surface area contributed by atoms with Crippen LogP contribution in [0.1, 0.15) is 39.1 Å². The van der Waals surface area contributed by atoms with Crippen LogP contribution in [0.25, 0.3) is 0 Å². The van der Waals surface area contributed by atoms with Crippen LogP contribution in [0.4, 0.5) is 5.69 Å². The molecule has 12 nitrogen and oxygen atoms in total. The van der Waals surface area contributed by atoms with E-state index in [0.29, 0.717) is 33.9 Å². The van der Waals surface area contributed by atoms with Crippen molar-refractivity contribution in [3.63, 3.8) is 0 Å². The van der Waals surface area contributed by atoms with Gasteiger partial charge in [-0.25, -0.2) is 4.79 Å². The first-order chi connectivity index (χ1) is 20.3. The van der Waals surface area contributed by atoms with Gasteiger partial charge in [-0.05, 0) is 35.4 Å². The van der Waals surface area contributed by atoms with E-state index in [1.165, 1.54) is 39.5 Å². The zero-order valence-electron chi connectivity index (χ0n) is 22.6. The lowest BCUT2D eigenvalue weighted by Gasteiger charge is -2.39. The molecule has 218 valence electrons. The lowest BCUT2D eigenvalue weighted by Crippen LogP contribution is -2.36. The molecule has 2 aliphatic heterocycles. The molecule has 1 aliphatic carbocycles. The van der Waals surface area contributed by atoms with E-state index in [2.05, 4.69) is 0 Å². The molecule has 0 N–H and O–H groups in total. The summed E-state index contributed by atoms with van der Waals surface area (Å²) in [5.41, 5.74) is 1.37. The highest BCUT2D eigenvalue weighted by Crippen LogP contribution is 2.58. The molecule has 0 saturated carbocycles. The molecule has 0 aromatic heterocycles. The maximum absolute atomic E-state index is 13.4. The normalized spacial score (nSPS) is 21.6. The van der Waals surface area contributed by atoms with Crippen LogP contribution >= 0.6 is 11.6 Å². The monoisotopic (exact) mass is 597 g/mol. The molecule has 2 heterocycles. The summed E-state index contributed by atoms with van der Waals surface area (Å²) in [4.78, 5) is 37.4. The van der Waals surface area contributed by atoms with Crippen LogP contribution in [0.15, 0.2) is 42.5 Å². The molecule has 1 fully saturated rings. The van der Waals surface area contributed by atoms with E-state index >= 15 is 0 Å². The van der Waals surface area contributed by atoms with Crippen LogP contribution in [-0.4, -0.2) is 51.6 Å². The number of non-ortho nitro benzene ring substituents is 1. The van der Waals surface area contributed by atoms with Gasteiger partial charge in [0.2, 0.25) is 12.5 Å². The van der Waals surface area contributed by atoms with Crippen molar-refractivity contribution in [3.05, 3.63) is 79.9 Å². The van der Waals surface area contributed by atoms with Crippen LogP contribution in [0.2, 0.25) is 5.02 Å². The van der Waals surface area contributed by atoms with Gasteiger partial charge in [-0.1, -0.05) is 17.7 Å². The van der Waals surface area contributed by atoms with Crippen molar-refractivity contribution in [1.82, 2.24) is 0 Å². The van der Waals surface area contributed by atoms with E-state index in [0.717, 1.165) is 6.07 Å². The van der Waals surface area contributed by atoms with Crippen molar-refractivity contribution in [2.75, 3.05) is 34.7 Å². The molecule has 3 aromatic carbocycles. The van der Waals surface area contributed by atoms with Crippen LogP contribution in [0, 0.1) is 22.0 Å². The summed E-state index contributed by atoms with van der Waals surface area (Å²) in [5, 5.41) is 11.5. The summed E-state index contributed by atoms with van der Waals surface area (Å²) < 4.78 is 39.5. The Morgan fingerprint density at radius 3 is 2.33 bits per heavy atom. The second kappa shape index (κ2) is 10.6. The maximum Gasteiger partial charge on any atom is 0.339 e. The molecule has 4 atom stereocenters. The summed E-state index contributed by atoms with van der Waals surface area (Å²) in [7, 11) is 4.37. The molecule has 13 heteroatoms. The fourth-order valence-corrected chi connectivity index (χ4v) is 6.27. The highest BCUT2D eigenvalue weighted by molar-refractivity contribution is 6.33. The number of nitro benzene ring substituents is 1. The Balaban J connectivity index is 1.52. The summed E-state index contributed by atoms with van der Waals surface area (Å²) >= 11 is 6.91. The SMILES string of the molecule is COc1cc([C@@H]2c3cc4c(cc3[C@@H](OC(=O)c3cccc([N+](=O)[O-])c3)[C@H]3COC(=O)[C@H]23)OCO4)c(Cl)c(OC)c1OC. The Bertz CT molecular complexity index is 1620. The number of benzene rings is 3. The van der Waals surface area contributed by atoms with Gasteiger partial charge >= 0.3 is 11.9 Å². The predicted molar refractivity (Wildman–Crippen MR) is 145 cm³/mol.